The Balaban J connectivity index is 1.90. The molecule has 126 valence electrons. The number of hydrogen-bond acceptors (Lipinski definition) is 4. The third kappa shape index (κ3) is 2.71. The molecule has 0 bridgehead atoms. The van der Waals surface area contributed by atoms with Crippen molar-refractivity contribution in [2.45, 2.75) is 13.5 Å². The van der Waals surface area contributed by atoms with Gasteiger partial charge in [0.1, 0.15) is 5.75 Å². The van der Waals surface area contributed by atoms with Crippen molar-refractivity contribution in [1.29, 1.82) is 0 Å². The van der Waals surface area contributed by atoms with Crippen molar-refractivity contribution in [3.8, 4) is 27.4 Å². The minimum atomic E-state index is -0.0848. The topological polar surface area (TPSA) is 46.8 Å². The van der Waals surface area contributed by atoms with E-state index in [0.717, 1.165) is 43.7 Å². The van der Waals surface area contributed by atoms with E-state index in [0.29, 0.717) is 0 Å². The third-order valence-corrected chi connectivity index (χ3v) is 5.28. The van der Waals surface area contributed by atoms with Crippen LogP contribution >= 0.6 is 11.3 Å². The van der Waals surface area contributed by atoms with Gasteiger partial charge in [-0.2, -0.15) is 0 Å². The van der Waals surface area contributed by atoms with Crippen LogP contribution in [0.25, 0.3) is 26.7 Å². The Morgan fingerprint density at radius 3 is 2.68 bits per heavy atom. The number of fused-ring (bicyclic) bond motifs is 1. The smallest absolute Gasteiger partial charge is 0.195 e. The van der Waals surface area contributed by atoms with Gasteiger partial charge in [-0.15, -0.1) is 0 Å². The molecule has 0 aliphatic heterocycles. The first-order valence-corrected chi connectivity index (χ1v) is 8.85. The summed E-state index contributed by atoms with van der Waals surface area (Å²) in [5, 5.41) is 9.98. The van der Waals surface area contributed by atoms with Crippen LogP contribution in [0.4, 0.5) is 0 Å². The number of methoxy groups -OCH3 is 1. The average molecular weight is 350 g/mol. The summed E-state index contributed by atoms with van der Waals surface area (Å²) in [7, 11) is 1.65. The summed E-state index contributed by atoms with van der Waals surface area (Å²) in [5.41, 5.74) is 4.73. The minimum absolute atomic E-state index is 0.0848. The quantitative estimate of drug-likeness (QED) is 0.588. The number of ether oxygens (including phenoxy) is 1. The van der Waals surface area contributed by atoms with Gasteiger partial charge in [0, 0.05) is 11.8 Å². The SMILES string of the molecule is COc1ccc(C)cc1-c1nc2sc(-c3ccccc3)cn2c1CO. The molecule has 2 heterocycles. The number of aliphatic hydroxyl groups is 1. The molecule has 1 N–H and O–H groups in total. The second-order valence-corrected chi connectivity index (χ2v) is 6.89. The molecule has 0 amide bonds. The number of aromatic nitrogens is 2. The van der Waals surface area contributed by atoms with E-state index in [2.05, 4.69) is 12.1 Å². The van der Waals surface area contributed by atoms with E-state index in [9.17, 15) is 5.11 Å². The lowest BCUT2D eigenvalue weighted by molar-refractivity contribution is 0.276. The van der Waals surface area contributed by atoms with Crippen molar-refractivity contribution in [3.63, 3.8) is 0 Å². The van der Waals surface area contributed by atoms with Crippen LogP contribution in [-0.4, -0.2) is 21.6 Å². The highest BCUT2D eigenvalue weighted by Crippen LogP contribution is 2.36. The van der Waals surface area contributed by atoms with Crippen molar-refractivity contribution >= 4 is 16.3 Å². The highest BCUT2D eigenvalue weighted by Gasteiger charge is 2.19. The summed E-state index contributed by atoms with van der Waals surface area (Å²) in [4.78, 5) is 6.78. The lowest BCUT2D eigenvalue weighted by atomic mass is 10.1. The number of imidazole rings is 1. The normalized spacial score (nSPS) is 11.2. The molecule has 25 heavy (non-hydrogen) atoms. The molecular formula is C20H18N2O2S. The first kappa shape index (κ1) is 15.9. The molecule has 0 saturated heterocycles. The van der Waals surface area contributed by atoms with Crippen LogP contribution in [0.5, 0.6) is 5.75 Å². The molecule has 0 radical (unpaired) electrons. The summed E-state index contributed by atoms with van der Waals surface area (Å²) in [5.74, 6) is 0.759. The van der Waals surface area contributed by atoms with Crippen LogP contribution < -0.4 is 4.74 Å². The number of benzene rings is 2. The van der Waals surface area contributed by atoms with Crippen LogP contribution in [0.1, 0.15) is 11.3 Å². The molecule has 4 nitrogen and oxygen atoms in total. The van der Waals surface area contributed by atoms with E-state index in [-0.39, 0.29) is 6.61 Å². The van der Waals surface area contributed by atoms with Gasteiger partial charge in [0.25, 0.3) is 0 Å². The highest BCUT2D eigenvalue weighted by molar-refractivity contribution is 7.20. The van der Waals surface area contributed by atoms with Crippen LogP contribution in [0, 0.1) is 6.92 Å². The summed E-state index contributed by atoms with van der Waals surface area (Å²) in [6.07, 6.45) is 2.04. The van der Waals surface area contributed by atoms with Crippen LogP contribution in [0.2, 0.25) is 0 Å². The standard InChI is InChI=1S/C20H18N2O2S/c1-13-8-9-17(24-2)15(10-13)19-16(12-23)22-11-18(25-20(22)21-19)14-6-4-3-5-7-14/h3-11,23H,12H2,1-2H3. The predicted octanol–water partition coefficient (Wildman–Crippen LogP) is 4.54. The first-order valence-electron chi connectivity index (χ1n) is 8.03. The fourth-order valence-corrected chi connectivity index (χ4v) is 4.01. The zero-order valence-electron chi connectivity index (χ0n) is 14.1. The maximum atomic E-state index is 9.98. The Hall–Kier alpha value is -2.63. The number of hydrogen-bond donors (Lipinski definition) is 1. The minimum Gasteiger partial charge on any atom is -0.496 e. The zero-order chi connectivity index (χ0) is 17.4. The Bertz CT molecular complexity index is 1030. The van der Waals surface area contributed by atoms with Gasteiger partial charge in [-0.25, -0.2) is 4.98 Å². The first-order chi connectivity index (χ1) is 12.2. The van der Waals surface area contributed by atoms with Gasteiger partial charge in [0.15, 0.2) is 4.96 Å². The second kappa shape index (κ2) is 6.35. The number of aryl methyl sites for hydroxylation is 1. The van der Waals surface area contributed by atoms with Gasteiger partial charge in [-0.05, 0) is 24.6 Å². The average Bonchev–Trinajstić information content (AvgIpc) is 3.20. The van der Waals surface area contributed by atoms with Gasteiger partial charge in [0.2, 0.25) is 0 Å². The van der Waals surface area contributed by atoms with Crippen molar-refractivity contribution in [2.75, 3.05) is 7.11 Å². The van der Waals surface area contributed by atoms with Crippen LogP contribution in [0.3, 0.4) is 0 Å². The molecule has 4 aromatic rings. The zero-order valence-corrected chi connectivity index (χ0v) is 14.9. The molecule has 0 aliphatic rings. The Kier molecular flexibility index (Phi) is 4.03. The highest BCUT2D eigenvalue weighted by atomic mass is 32.1. The number of rotatable bonds is 4. The van der Waals surface area contributed by atoms with Crippen molar-refractivity contribution in [2.24, 2.45) is 0 Å². The summed E-state index contributed by atoms with van der Waals surface area (Å²) in [6, 6.07) is 16.2. The molecule has 0 unspecified atom stereocenters. The molecule has 2 aromatic heterocycles. The van der Waals surface area contributed by atoms with E-state index in [4.69, 9.17) is 9.72 Å². The maximum Gasteiger partial charge on any atom is 0.195 e. The predicted molar refractivity (Wildman–Crippen MR) is 101 cm³/mol. The molecule has 5 heteroatoms. The van der Waals surface area contributed by atoms with E-state index >= 15 is 0 Å². The number of nitrogens with zero attached hydrogens (tertiary/aromatic N) is 2. The molecule has 0 aliphatic carbocycles. The summed E-state index contributed by atoms with van der Waals surface area (Å²) < 4.78 is 7.47. The van der Waals surface area contributed by atoms with E-state index < -0.39 is 0 Å². The molecule has 0 fully saturated rings. The fraction of sp³-hybridized carbons (Fsp3) is 0.150. The van der Waals surface area contributed by atoms with Crippen molar-refractivity contribution in [1.82, 2.24) is 9.38 Å². The summed E-state index contributed by atoms with van der Waals surface area (Å²) >= 11 is 1.61. The Morgan fingerprint density at radius 2 is 1.96 bits per heavy atom. The van der Waals surface area contributed by atoms with Crippen LogP contribution in [-0.2, 0) is 6.61 Å². The van der Waals surface area contributed by atoms with Gasteiger partial charge in [-0.3, -0.25) is 4.40 Å². The molecule has 2 aromatic carbocycles. The van der Waals surface area contributed by atoms with E-state index in [1.54, 1.807) is 18.4 Å². The fourth-order valence-electron chi connectivity index (χ4n) is 3.00. The molecule has 0 spiro atoms. The van der Waals surface area contributed by atoms with Crippen LogP contribution in [0.15, 0.2) is 54.7 Å². The Morgan fingerprint density at radius 1 is 1.16 bits per heavy atom. The molecule has 0 atom stereocenters. The van der Waals surface area contributed by atoms with Gasteiger partial charge >= 0.3 is 0 Å². The number of thiazole rings is 1. The van der Waals surface area contributed by atoms with Crippen molar-refractivity contribution < 1.29 is 9.84 Å². The maximum absolute atomic E-state index is 9.98. The largest absolute Gasteiger partial charge is 0.496 e. The van der Waals surface area contributed by atoms with Gasteiger partial charge in [0.05, 0.1) is 30.0 Å². The van der Waals surface area contributed by atoms with Gasteiger partial charge in [-0.1, -0.05) is 53.3 Å². The van der Waals surface area contributed by atoms with Gasteiger partial charge < -0.3 is 9.84 Å². The molecule has 4 rings (SSSR count). The third-order valence-electron chi connectivity index (χ3n) is 4.24. The van der Waals surface area contributed by atoms with E-state index in [1.807, 2.05) is 53.9 Å². The Labute approximate surface area is 150 Å². The van der Waals surface area contributed by atoms with E-state index in [1.165, 1.54) is 0 Å². The second-order valence-electron chi connectivity index (χ2n) is 5.88. The van der Waals surface area contributed by atoms with Crippen molar-refractivity contribution in [3.05, 3.63) is 66.0 Å². The molecular weight excluding hydrogens is 332 g/mol. The lowest BCUT2D eigenvalue weighted by Gasteiger charge is -2.09. The molecule has 0 saturated carbocycles. The number of aliphatic hydroxyl groups excluding tert-OH is 1. The monoisotopic (exact) mass is 350 g/mol. The lowest BCUT2D eigenvalue weighted by Crippen LogP contribution is -1.95. The summed E-state index contributed by atoms with van der Waals surface area (Å²) in [6.45, 7) is 1.95.